The monoisotopic (exact) mass is 289 g/mol. The molecule has 0 heterocycles. The molecule has 0 saturated heterocycles. The summed E-state index contributed by atoms with van der Waals surface area (Å²) in [5, 5.41) is 12.4. The lowest BCUT2D eigenvalue weighted by Crippen LogP contribution is -1.83. The molecule has 0 amide bonds. The van der Waals surface area contributed by atoms with Crippen LogP contribution >= 0.6 is 11.6 Å². The normalized spacial score (nSPS) is 11.3. The summed E-state index contributed by atoms with van der Waals surface area (Å²) in [6.07, 6.45) is 1.92. The minimum atomic E-state index is 0.628. The Kier molecular flexibility index (Phi) is 3.73. The van der Waals surface area contributed by atoms with Gasteiger partial charge in [0.05, 0.1) is 11.6 Å². The Labute approximate surface area is 128 Å². The number of allylic oxidation sites excluding steroid dienone is 1. The van der Waals surface area contributed by atoms with Crippen molar-refractivity contribution in [1.29, 1.82) is 5.26 Å². The number of nitrogens with zero attached hydrogens (tertiary/aromatic N) is 1. The van der Waals surface area contributed by atoms with Crippen LogP contribution < -0.4 is 0 Å². The molecule has 0 saturated carbocycles. The zero-order chi connectivity index (χ0) is 14.7. The smallest absolute Gasteiger partial charge is 0.0998 e. The Hall–Kier alpha value is -2.56. The van der Waals surface area contributed by atoms with Crippen molar-refractivity contribution in [2.45, 2.75) is 0 Å². The molecule has 3 aromatic carbocycles. The molecule has 1 nitrogen and oxygen atoms in total. The van der Waals surface area contributed by atoms with Crippen LogP contribution in [0.3, 0.4) is 0 Å². The molecular weight excluding hydrogens is 278 g/mol. The van der Waals surface area contributed by atoms with E-state index in [1.165, 1.54) is 5.39 Å². The van der Waals surface area contributed by atoms with Crippen molar-refractivity contribution in [2.75, 3.05) is 0 Å². The van der Waals surface area contributed by atoms with Crippen molar-refractivity contribution < 1.29 is 0 Å². The molecule has 0 spiro atoms. The predicted octanol–water partition coefficient (Wildman–Crippen LogP) is 5.56. The lowest BCUT2D eigenvalue weighted by molar-refractivity contribution is 1.52. The number of benzene rings is 3. The summed E-state index contributed by atoms with van der Waals surface area (Å²) in [7, 11) is 0. The maximum absolute atomic E-state index is 9.43. The van der Waals surface area contributed by atoms with Gasteiger partial charge in [-0.15, -0.1) is 0 Å². The number of hydrogen-bond acceptors (Lipinski definition) is 1. The van der Waals surface area contributed by atoms with E-state index in [0.29, 0.717) is 10.6 Å². The first kappa shape index (κ1) is 13.4. The van der Waals surface area contributed by atoms with Crippen LogP contribution in [0.1, 0.15) is 11.1 Å². The fourth-order valence-corrected chi connectivity index (χ4v) is 2.47. The zero-order valence-electron chi connectivity index (χ0n) is 11.3. The van der Waals surface area contributed by atoms with Gasteiger partial charge in [-0.25, -0.2) is 0 Å². The lowest BCUT2D eigenvalue weighted by atomic mass is 10.00. The van der Waals surface area contributed by atoms with Crippen LogP contribution in [0.4, 0.5) is 0 Å². The van der Waals surface area contributed by atoms with Gasteiger partial charge in [-0.05, 0) is 40.1 Å². The highest BCUT2D eigenvalue weighted by Gasteiger charge is 2.03. The van der Waals surface area contributed by atoms with E-state index in [0.717, 1.165) is 16.5 Å². The van der Waals surface area contributed by atoms with Gasteiger partial charge in [-0.3, -0.25) is 0 Å². The molecule has 100 valence electrons. The Bertz CT molecular complexity index is 849. The number of nitriles is 1. The van der Waals surface area contributed by atoms with E-state index >= 15 is 0 Å². The second-order valence-electron chi connectivity index (χ2n) is 4.75. The second kappa shape index (κ2) is 5.83. The Morgan fingerprint density at radius 3 is 2.38 bits per heavy atom. The average molecular weight is 290 g/mol. The zero-order valence-corrected chi connectivity index (χ0v) is 12.0. The van der Waals surface area contributed by atoms with Gasteiger partial charge in [0.2, 0.25) is 0 Å². The average Bonchev–Trinajstić information content (AvgIpc) is 2.54. The minimum absolute atomic E-state index is 0.628. The number of rotatable bonds is 2. The fraction of sp³-hybridized carbons (Fsp3) is 0. The van der Waals surface area contributed by atoms with Crippen molar-refractivity contribution in [1.82, 2.24) is 0 Å². The quantitative estimate of drug-likeness (QED) is 0.448. The van der Waals surface area contributed by atoms with Crippen LogP contribution in [0.25, 0.3) is 22.4 Å². The first-order valence-corrected chi connectivity index (χ1v) is 7.01. The molecule has 3 rings (SSSR count). The first-order valence-electron chi connectivity index (χ1n) is 6.63. The van der Waals surface area contributed by atoms with Gasteiger partial charge >= 0.3 is 0 Å². The summed E-state index contributed by atoms with van der Waals surface area (Å²) in [5.41, 5.74) is 2.54. The van der Waals surface area contributed by atoms with Gasteiger partial charge in [-0.2, -0.15) is 5.26 Å². The SMILES string of the molecule is N#C/C(=C\c1cccc2ccccc12)c1ccc(Cl)cc1. The van der Waals surface area contributed by atoms with E-state index in [1.807, 2.05) is 42.5 Å². The Morgan fingerprint density at radius 1 is 0.905 bits per heavy atom. The van der Waals surface area contributed by atoms with Crippen LogP contribution in [-0.2, 0) is 0 Å². The Morgan fingerprint density at radius 2 is 1.62 bits per heavy atom. The Balaban J connectivity index is 2.13. The van der Waals surface area contributed by atoms with Gasteiger partial charge in [0.15, 0.2) is 0 Å². The molecule has 2 heteroatoms. The van der Waals surface area contributed by atoms with Gasteiger partial charge in [0, 0.05) is 5.02 Å². The standard InChI is InChI=1S/C19H12ClN/c20-18-10-8-14(9-11-18)17(13-21)12-16-6-3-5-15-4-1-2-7-19(15)16/h1-12H/b17-12+. The maximum atomic E-state index is 9.43. The van der Waals surface area contributed by atoms with Crippen molar-refractivity contribution in [3.8, 4) is 6.07 Å². The number of halogens is 1. The summed E-state index contributed by atoms with van der Waals surface area (Å²) >= 11 is 5.90. The van der Waals surface area contributed by atoms with Crippen LogP contribution in [0.5, 0.6) is 0 Å². The van der Waals surface area contributed by atoms with E-state index in [2.05, 4.69) is 24.3 Å². The largest absolute Gasteiger partial charge is 0.192 e. The molecule has 0 aliphatic carbocycles. The molecule has 0 N–H and O–H groups in total. The van der Waals surface area contributed by atoms with E-state index in [-0.39, 0.29) is 0 Å². The van der Waals surface area contributed by atoms with E-state index < -0.39 is 0 Å². The third-order valence-corrected chi connectivity index (χ3v) is 3.65. The molecule has 0 fully saturated rings. The third-order valence-electron chi connectivity index (χ3n) is 3.40. The predicted molar refractivity (Wildman–Crippen MR) is 88.9 cm³/mol. The second-order valence-corrected chi connectivity index (χ2v) is 5.18. The van der Waals surface area contributed by atoms with Gasteiger partial charge in [0.1, 0.15) is 0 Å². The van der Waals surface area contributed by atoms with E-state index in [1.54, 1.807) is 12.1 Å². The molecule has 0 aliphatic heterocycles. The lowest BCUT2D eigenvalue weighted by Gasteiger charge is -2.04. The highest BCUT2D eigenvalue weighted by atomic mass is 35.5. The minimum Gasteiger partial charge on any atom is -0.192 e. The molecule has 0 bridgehead atoms. The summed E-state index contributed by atoms with van der Waals surface area (Å²) < 4.78 is 0. The molecular formula is C19H12ClN. The van der Waals surface area contributed by atoms with Crippen molar-refractivity contribution in [3.63, 3.8) is 0 Å². The van der Waals surface area contributed by atoms with E-state index in [4.69, 9.17) is 11.6 Å². The highest BCUT2D eigenvalue weighted by molar-refractivity contribution is 6.30. The molecule has 0 atom stereocenters. The molecule has 0 aliphatic rings. The third kappa shape index (κ3) is 2.81. The van der Waals surface area contributed by atoms with Crippen LogP contribution in [-0.4, -0.2) is 0 Å². The maximum Gasteiger partial charge on any atom is 0.0998 e. The topological polar surface area (TPSA) is 23.8 Å². The molecule has 0 radical (unpaired) electrons. The fourth-order valence-electron chi connectivity index (χ4n) is 2.34. The van der Waals surface area contributed by atoms with E-state index in [9.17, 15) is 5.26 Å². The van der Waals surface area contributed by atoms with Crippen LogP contribution in [0.2, 0.25) is 5.02 Å². The van der Waals surface area contributed by atoms with Gasteiger partial charge in [0.25, 0.3) is 0 Å². The van der Waals surface area contributed by atoms with Gasteiger partial charge in [-0.1, -0.05) is 66.2 Å². The molecule has 0 aromatic heterocycles. The van der Waals surface area contributed by atoms with Crippen molar-refractivity contribution in [3.05, 3.63) is 82.9 Å². The van der Waals surface area contributed by atoms with Gasteiger partial charge < -0.3 is 0 Å². The first-order chi connectivity index (χ1) is 10.3. The summed E-state index contributed by atoms with van der Waals surface area (Å²) in [4.78, 5) is 0. The number of hydrogen-bond donors (Lipinski definition) is 0. The van der Waals surface area contributed by atoms with Crippen LogP contribution in [0, 0.1) is 11.3 Å². The van der Waals surface area contributed by atoms with Crippen molar-refractivity contribution in [2.24, 2.45) is 0 Å². The molecule has 21 heavy (non-hydrogen) atoms. The van der Waals surface area contributed by atoms with Crippen molar-refractivity contribution >= 4 is 34.0 Å². The summed E-state index contributed by atoms with van der Waals surface area (Å²) in [6, 6.07) is 23.8. The number of fused-ring (bicyclic) bond motifs is 1. The molecule has 0 unspecified atom stereocenters. The molecule has 3 aromatic rings. The summed E-state index contributed by atoms with van der Waals surface area (Å²) in [6.45, 7) is 0. The van der Waals surface area contributed by atoms with Crippen LogP contribution in [0.15, 0.2) is 66.7 Å². The summed E-state index contributed by atoms with van der Waals surface area (Å²) in [5.74, 6) is 0. The highest BCUT2D eigenvalue weighted by Crippen LogP contribution is 2.24.